The molecule has 0 N–H and O–H groups in total. The van der Waals surface area contributed by atoms with E-state index in [1.165, 1.54) is 0 Å². The van der Waals surface area contributed by atoms with Gasteiger partial charge in [-0.15, -0.1) is 0 Å². The summed E-state index contributed by atoms with van der Waals surface area (Å²) in [5.74, 6) is -2.06. The molecule has 16 heavy (non-hydrogen) atoms. The Morgan fingerprint density at radius 3 is 2.44 bits per heavy atom. The van der Waals surface area contributed by atoms with Crippen molar-refractivity contribution in [1.82, 2.24) is 0 Å². The minimum atomic E-state index is -1.41. The van der Waals surface area contributed by atoms with Gasteiger partial charge in [-0.05, 0) is 79.9 Å². The molecule has 4 nitrogen and oxygen atoms in total. The molecule has 0 amide bonds. The zero-order chi connectivity index (χ0) is 12.3. The summed E-state index contributed by atoms with van der Waals surface area (Å²) in [4.78, 5) is 21.7. The molecule has 0 saturated carbocycles. The van der Waals surface area contributed by atoms with E-state index in [1.54, 1.807) is 6.07 Å². The van der Waals surface area contributed by atoms with Gasteiger partial charge in [0.25, 0.3) is 0 Å². The van der Waals surface area contributed by atoms with Crippen LogP contribution in [0.5, 0.6) is 0 Å². The highest BCUT2D eigenvalue weighted by molar-refractivity contribution is 14.1. The first-order chi connectivity index (χ1) is 7.41. The highest BCUT2D eigenvalue weighted by Crippen LogP contribution is 2.23. The second kappa shape index (κ2) is 6.33. The van der Waals surface area contributed by atoms with E-state index in [1.807, 2.05) is 28.7 Å². The van der Waals surface area contributed by atoms with Crippen LogP contribution in [0.1, 0.15) is 10.4 Å². The van der Waals surface area contributed by atoms with E-state index in [0.29, 0.717) is 5.56 Å². The molecule has 86 valence electrons. The van der Waals surface area contributed by atoms with E-state index in [0.717, 1.165) is 10.7 Å². The van der Waals surface area contributed by atoms with Gasteiger partial charge >= 0.3 is 5.97 Å². The first-order valence-electron chi connectivity index (χ1n) is 3.93. The molecule has 0 heterocycles. The number of rotatable bonds is 3. The fourth-order valence-corrected chi connectivity index (χ4v) is 3.28. The standard InChI is InChI=1S/C9H5I3O4/c10-4-1-5(8(12)6(11)2-4)9(15)16-3-7(13)14/h1-2H,3H2,(H,13,14)/p-1. The first kappa shape index (κ1) is 14.4. The number of benzene rings is 1. The van der Waals surface area contributed by atoms with Gasteiger partial charge in [0.05, 0.1) is 11.5 Å². The molecule has 0 aliphatic carbocycles. The van der Waals surface area contributed by atoms with Crippen molar-refractivity contribution in [2.45, 2.75) is 0 Å². The molecular formula is C9H4I3O4-. The number of carbonyl (C=O) groups excluding carboxylic acids is 2. The number of hydrogen-bond donors (Lipinski definition) is 0. The maximum atomic E-state index is 11.5. The van der Waals surface area contributed by atoms with Gasteiger partial charge in [-0.25, -0.2) is 4.79 Å². The van der Waals surface area contributed by atoms with Crippen LogP contribution in [-0.4, -0.2) is 18.5 Å². The van der Waals surface area contributed by atoms with Gasteiger partial charge in [0.15, 0.2) is 0 Å². The van der Waals surface area contributed by atoms with Crippen LogP contribution in [0, 0.1) is 10.7 Å². The second-order valence-corrected chi connectivity index (χ2v) is 6.18. The average molecular weight is 557 g/mol. The van der Waals surface area contributed by atoms with Gasteiger partial charge in [0.2, 0.25) is 0 Å². The van der Waals surface area contributed by atoms with Crippen molar-refractivity contribution in [2.75, 3.05) is 6.61 Å². The van der Waals surface area contributed by atoms with Crippen LogP contribution in [0.2, 0.25) is 0 Å². The Balaban J connectivity index is 2.95. The SMILES string of the molecule is O=C([O-])COC(=O)c1cc(I)cc(I)c1I. The monoisotopic (exact) mass is 557 g/mol. The molecule has 0 aliphatic rings. The van der Waals surface area contributed by atoms with Crippen molar-refractivity contribution < 1.29 is 19.4 Å². The van der Waals surface area contributed by atoms with Crippen molar-refractivity contribution in [3.05, 3.63) is 28.4 Å². The number of aliphatic carboxylic acids is 1. The van der Waals surface area contributed by atoms with Crippen LogP contribution in [0.4, 0.5) is 0 Å². The van der Waals surface area contributed by atoms with Gasteiger partial charge < -0.3 is 14.6 Å². The Hall–Kier alpha value is 0.350. The predicted octanol–water partition coefficient (Wildman–Crippen LogP) is 1.41. The molecule has 1 aromatic rings. The highest BCUT2D eigenvalue weighted by Gasteiger charge is 2.14. The van der Waals surface area contributed by atoms with Crippen molar-refractivity contribution in [3.63, 3.8) is 0 Å². The summed E-state index contributed by atoms with van der Waals surface area (Å²) in [5, 5.41) is 10.2. The molecule has 0 radical (unpaired) electrons. The third-order valence-corrected chi connectivity index (χ3v) is 5.20. The predicted molar refractivity (Wildman–Crippen MR) is 79.9 cm³/mol. The summed E-state index contributed by atoms with van der Waals surface area (Å²) >= 11 is 6.20. The van der Waals surface area contributed by atoms with Crippen LogP contribution < -0.4 is 5.11 Å². The number of carboxylic acids is 1. The summed E-state index contributed by atoms with van der Waals surface area (Å²) in [6.45, 7) is -0.725. The topological polar surface area (TPSA) is 66.4 Å². The number of ether oxygens (including phenoxy) is 1. The van der Waals surface area contributed by atoms with Crippen molar-refractivity contribution in [3.8, 4) is 0 Å². The molecule has 0 bridgehead atoms. The quantitative estimate of drug-likeness (QED) is 0.321. The third-order valence-electron chi connectivity index (χ3n) is 1.53. The maximum absolute atomic E-state index is 11.5. The van der Waals surface area contributed by atoms with Gasteiger partial charge in [-0.1, -0.05) is 0 Å². The molecule has 7 heteroatoms. The van der Waals surface area contributed by atoms with E-state index in [9.17, 15) is 14.7 Å². The molecule has 1 aromatic carbocycles. The van der Waals surface area contributed by atoms with E-state index >= 15 is 0 Å². The average Bonchev–Trinajstić information content (AvgIpc) is 2.19. The van der Waals surface area contributed by atoms with Gasteiger partial charge in [-0.3, -0.25) is 0 Å². The van der Waals surface area contributed by atoms with Crippen LogP contribution in [0.3, 0.4) is 0 Å². The Labute approximate surface area is 133 Å². The molecule has 0 spiro atoms. The Morgan fingerprint density at radius 1 is 1.25 bits per heavy atom. The Morgan fingerprint density at radius 2 is 1.88 bits per heavy atom. The molecule has 1 rings (SSSR count). The van der Waals surface area contributed by atoms with Gasteiger partial charge in [0.1, 0.15) is 6.61 Å². The largest absolute Gasteiger partial charge is 0.546 e. The zero-order valence-electron chi connectivity index (χ0n) is 7.63. The normalized spacial score (nSPS) is 9.94. The first-order valence-corrected chi connectivity index (χ1v) is 7.17. The van der Waals surface area contributed by atoms with E-state index < -0.39 is 18.5 Å². The highest BCUT2D eigenvalue weighted by atomic mass is 127. The van der Waals surface area contributed by atoms with E-state index in [2.05, 4.69) is 49.9 Å². The molecule has 0 saturated heterocycles. The lowest BCUT2D eigenvalue weighted by molar-refractivity contribution is -0.308. The molecule has 0 fully saturated rings. The summed E-state index contributed by atoms with van der Waals surface area (Å²) in [7, 11) is 0. The maximum Gasteiger partial charge on any atom is 0.339 e. The lowest BCUT2D eigenvalue weighted by atomic mass is 10.2. The number of esters is 1. The number of carboxylic acid groups (broad SMARTS) is 1. The lowest BCUT2D eigenvalue weighted by Gasteiger charge is -2.08. The van der Waals surface area contributed by atoms with Gasteiger partial charge in [0, 0.05) is 10.7 Å². The molecular weight excluding hydrogens is 553 g/mol. The summed E-state index contributed by atoms with van der Waals surface area (Å²) < 4.78 is 7.13. The summed E-state index contributed by atoms with van der Waals surface area (Å²) in [6, 6.07) is 3.57. The second-order valence-electron chi connectivity index (χ2n) is 2.70. The smallest absolute Gasteiger partial charge is 0.339 e. The number of halogens is 3. The number of hydrogen-bond acceptors (Lipinski definition) is 4. The lowest BCUT2D eigenvalue weighted by Crippen LogP contribution is -2.29. The number of carbonyl (C=O) groups is 2. The molecule has 0 aliphatic heterocycles. The third kappa shape index (κ3) is 3.98. The fraction of sp³-hybridized carbons (Fsp3) is 0.111. The van der Waals surface area contributed by atoms with E-state index in [4.69, 9.17) is 0 Å². The van der Waals surface area contributed by atoms with Crippen LogP contribution in [-0.2, 0) is 9.53 Å². The minimum absolute atomic E-state index is 0.373. The van der Waals surface area contributed by atoms with Crippen LogP contribution in [0.15, 0.2) is 12.1 Å². The Bertz CT molecular complexity index is 445. The zero-order valence-corrected chi connectivity index (χ0v) is 14.1. The summed E-state index contributed by atoms with van der Waals surface area (Å²) in [5.41, 5.74) is 0.373. The van der Waals surface area contributed by atoms with E-state index in [-0.39, 0.29) is 0 Å². The van der Waals surface area contributed by atoms with Gasteiger partial charge in [-0.2, -0.15) is 0 Å². The van der Waals surface area contributed by atoms with Crippen molar-refractivity contribution in [2.24, 2.45) is 0 Å². The molecule has 0 atom stereocenters. The van der Waals surface area contributed by atoms with Crippen molar-refractivity contribution in [1.29, 1.82) is 0 Å². The molecule has 0 unspecified atom stereocenters. The fourth-order valence-electron chi connectivity index (χ4n) is 0.907. The van der Waals surface area contributed by atoms with Crippen LogP contribution >= 0.6 is 67.8 Å². The molecule has 0 aromatic heterocycles. The van der Waals surface area contributed by atoms with Crippen LogP contribution in [0.25, 0.3) is 0 Å². The summed E-state index contributed by atoms with van der Waals surface area (Å²) in [6.07, 6.45) is 0. The minimum Gasteiger partial charge on any atom is -0.546 e. The van der Waals surface area contributed by atoms with Crippen molar-refractivity contribution >= 4 is 79.7 Å². The Kier molecular flexibility index (Phi) is 5.70.